The molecule has 0 spiro atoms. The molecule has 22 heavy (non-hydrogen) atoms. The second-order valence-corrected chi connectivity index (χ2v) is 7.30. The van der Waals surface area contributed by atoms with Crippen LogP contribution in [0.2, 0.25) is 0 Å². The zero-order valence-electron chi connectivity index (χ0n) is 13.6. The van der Waals surface area contributed by atoms with E-state index in [0.717, 1.165) is 42.0 Å². The average molecular weight is 316 g/mol. The third-order valence-electron chi connectivity index (χ3n) is 4.64. The lowest BCUT2D eigenvalue weighted by atomic mass is 9.99. The molecule has 4 heteroatoms. The second kappa shape index (κ2) is 6.37. The number of carbonyl (C=O) groups is 1. The maximum atomic E-state index is 12.9. The van der Waals surface area contributed by atoms with Crippen molar-refractivity contribution < 1.29 is 4.79 Å². The summed E-state index contributed by atoms with van der Waals surface area (Å²) in [5.41, 5.74) is 4.14. The first-order valence-corrected chi connectivity index (χ1v) is 9.36. The molecular formula is C18H24N2OS. The average Bonchev–Trinajstić information content (AvgIpc) is 2.84. The van der Waals surface area contributed by atoms with Gasteiger partial charge in [0.05, 0.1) is 0 Å². The molecule has 118 valence electrons. The molecule has 0 radical (unpaired) electrons. The monoisotopic (exact) mass is 316 g/mol. The van der Waals surface area contributed by atoms with Crippen molar-refractivity contribution in [2.24, 2.45) is 5.92 Å². The summed E-state index contributed by atoms with van der Waals surface area (Å²) in [5, 5.41) is 1.17. The summed E-state index contributed by atoms with van der Waals surface area (Å²) in [6.07, 6.45) is 4.51. The predicted octanol–water partition coefficient (Wildman–Crippen LogP) is 4.00. The van der Waals surface area contributed by atoms with Crippen LogP contribution in [0.15, 0.2) is 18.2 Å². The van der Waals surface area contributed by atoms with E-state index >= 15 is 0 Å². The fourth-order valence-electron chi connectivity index (χ4n) is 3.43. The van der Waals surface area contributed by atoms with E-state index in [-0.39, 0.29) is 5.91 Å². The van der Waals surface area contributed by atoms with Crippen molar-refractivity contribution in [1.82, 2.24) is 9.88 Å². The number of aromatic amines is 1. The topological polar surface area (TPSA) is 36.1 Å². The number of aromatic nitrogens is 1. The summed E-state index contributed by atoms with van der Waals surface area (Å²) in [5.74, 6) is 1.95. The SMILES string of the molecule is CSC[C@@H]1CCCN(C(=O)c2[nH]c3ccc(C)cc3c2C)C1. The predicted molar refractivity (Wildman–Crippen MR) is 94.8 cm³/mol. The number of likely N-dealkylation sites (tertiary alicyclic amines) is 1. The molecule has 1 aliphatic rings. The highest BCUT2D eigenvalue weighted by Gasteiger charge is 2.26. The fraction of sp³-hybridized carbons (Fsp3) is 0.500. The number of hydrogen-bond acceptors (Lipinski definition) is 2. The van der Waals surface area contributed by atoms with E-state index in [1.54, 1.807) is 0 Å². The number of fused-ring (bicyclic) bond motifs is 1. The van der Waals surface area contributed by atoms with Gasteiger partial charge >= 0.3 is 0 Å². The van der Waals surface area contributed by atoms with Gasteiger partial charge in [0.15, 0.2) is 0 Å². The minimum Gasteiger partial charge on any atom is -0.350 e. The number of nitrogens with one attached hydrogen (secondary N) is 1. The summed E-state index contributed by atoms with van der Waals surface area (Å²) in [7, 11) is 0. The van der Waals surface area contributed by atoms with Gasteiger partial charge in [-0.2, -0.15) is 11.8 Å². The molecule has 3 nitrogen and oxygen atoms in total. The summed E-state index contributed by atoms with van der Waals surface area (Å²) < 4.78 is 0. The molecule has 1 aliphatic heterocycles. The Labute approximate surface area is 136 Å². The number of piperidine rings is 1. The normalized spacial score (nSPS) is 18.9. The number of amides is 1. The smallest absolute Gasteiger partial charge is 0.270 e. The second-order valence-electron chi connectivity index (χ2n) is 6.39. The van der Waals surface area contributed by atoms with Crippen molar-refractivity contribution in [3.8, 4) is 0 Å². The number of rotatable bonds is 3. The van der Waals surface area contributed by atoms with Crippen molar-refractivity contribution in [3.63, 3.8) is 0 Å². The lowest BCUT2D eigenvalue weighted by molar-refractivity contribution is 0.0679. The van der Waals surface area contributed by atoms with Gasteiger partial charge in [-0.25, -0.2) is 0 Å². The number of aryl methyl sites for hydroxylation is 2. The first-order chi connectivity index (χ1) is 10.6. The molecule has 3 rings (SSSR count). The highest BCUT2D eigenvalue weighted by molar-refractivity contribution is 7.98. The van der Waals surface area contributed by atoms with E-state index < -0.39 is 0 Å². The maximum absolute atomic E-state index is 12.9. The van der Waals surface area contributed by atoms with Crippen LogP contribution >= 0.6 is 11.8 Å². The van der Waals surface area contributed by atoms with Crippen molar-refractivity contribution >= 4 is 28.6 Å². The number of H-pyrrole nitrogens is 1. The van der Waals surface area contributed by atoms with Crippen LogP contribution in [0.1, 0.15) is 34.5 Å². The summed E-state index contributed by atoms with van der Waals surface area (Å²) in [6.45, 7) is 5.92. The standard InChI is InChI=1S/C18H24N2OS/c1-12-6-7-16-15(9-12)13(2)17(19-16)18(21)20-8-4-5-14(10-20)11-22-3/h6-7,9,14,19H,4-5,8,10-11H2,1-3H3/t14-/m1/s1. The third kappa shape index (κ3) is 2.89. The van der Waals surface area contributed by atoms with Crippen LogP contribution in [-0.4, -0.2) is 40.9 Å². The van der Waals surface area contributed by atoms with Gasteiger partial charge in [0.2, 0.25) is 0 Å². The van der Waals surface area contributed by atoms with Gasteiger partial charge in [0.25, 0.3) is 5.91 Å². The molecular weight excluding hydrogens is 292 g/mol. The van der Waals surface area contributed by atoms with E-state index in [9.17, 15) is 4.79 Å². The molecule has 1 N–H and O–H groups in total. The minimum atomic E-state index is 0.164. The molecule has 1 amide bonds. The van der Waals surface area contributed by atoms with E-state index in [2.05, 4.69) is 43.3 Å². The van der Waals surface area contributed by atoms with Gasteiger partial charge in [-0.3, -0.25) is 4.79 Å². The number of thioether (sulfide) groups is 1. The molecule has 0 aliphatic carbocycles. The Morgan fingerprint density at radius 2 is 2.23 bits per heavy atom. The molecule has 1 aromatic carbocycles. The van der Waals surface area contributed by atoms with Crippen molar-refractivity contribution in [1.29, 1.82) is 0 Å². The van der Waals surface area contributed by atoms with Crippen LogP contribution < -0.4 is 0 Å². The molecule has 1 atom stereocenters. The van der Waals surface area contributed by atoms with Gasteiger partial charge in [-0.1, -0.05) is 11.6 Å². The summed E-state index contributed by atoms with van der Waals surface area (Å²) >= 11 is 1.88. The molecule has 1 aromatic heterocycles. The van der Waals surface area contributed by atoms with E-state index in [1.165, 1.54) is 17.4 Å². The molecule has 0 unspecified atom stereocenters. The minimum absolute atomic E-state index is 0.164. The highest BCUT2D eigenvalue weighted by Crippen LogP contribution is 2.26. The van der Waals surface area contributed by atoms with E-state index in [4.69, 9.17) is 0 Å². The van der Waals surface area contributed by atoms with Gasteiger partial charge in [0, 0.05) is 24.0 Å². The lowest BCUT2D eigenvalue weighted by Crippen LogP contribution is -2.41. The third-order valence-corrected chi connectivity index (χ3v) is 5.44. The van der Waals surface area contributed by atoms with E-state index in [1.807, 2.05) is 16.7 Å². The Hall–Kier alpha value is -1.42. The summed E-state index contributed by atoms with van der Waals surface area (Å²) in [6, 6.07) is 6.31. The number of hydrogen-bond donors (Lipinski definition) is 1. The maximum Gasteiger partial charge on any atom is 0.270 e. The Kier molecular flexibility index (Phi) is 4.48. The summed E-state index contributed by atoms with van der Waals surface area (Å²) in [4.78, 5) is 18.3. The Morgan fingerprint density at radius 3 is 3.00 bits per heavy atom. The Morgan fingerprint density at radius 1 is 1.41 bits per heavy atom. The molecule has 0 bridgehead atoms. The van der Waals surface area contributed by atoms with Crippen LogP contribution in [-0.2, 0) is 0 Å². The van der Waals surface area contributed by atoms with Crippen LogP contribution in [0, 0.1) is 19.8 Å². The van der Waals surface area contributed by atoms with Crippen molar-refractivity contribution in [2.45, 2.75) is 26.7 Å². The number of benzene rings is 1. The Bertz CT molecular complexity index is 690. The largest absolute Gasteiger partial charge is 0.350 e. The zero-order valence-corrected chi connectivity index (χ0v) is 14.4. The quantitative estimate of drug-likeness (QED) is 0.929. The molecule has 1 fully saturated rings. The van der Waals surface area contributed by atoms with Gasteiger partial charge < -0.3 is 9.88 Å². The molecule has 2 heterocycles. The van der Waals surface area contributed by atoms with E-state index in [0.29, 0.717) is 5.92 Å². The molecule has 1 saturated heterocycles. The first-order valence-electron chi connectivity index (χ1n) is 7.97. The van der Waals surface area contributed by atoms with Gasteiger partial charge in [-0.05, 0) is 62.3 Å². The van der Waals surface area contributed by atoms with Crippen LogP contribution in [0.3, 0.4) is 0 Å². The van der Waals surface area contributed by atoms with Crippen molar-refractivity contribution in [2.75, 3.05) is 25.1 Å². The molecule has 2 aromatic rings. The van der Waals surface area contributed by atoms with Crippen LogP contribution in [0.5, 0.6) is 0 Å². The number of carbonyl (C=O) groups excluding carboxylic acids is 1. The van der Waals surface area contributed by atoms with Crippen molar-refractivity contribution in [3.05, 3.63) is 35.0 Å². The van der Waals surface area contributed by atoms with Crippen LogP contribution in [0.25, 0.3) is 10.9 Å². The number of nitrogens with zero attached hydrogens (tertiary/aromatic N) is 1. The van der Waals surface area contributed by atoms with Crippen LogP contribution in [0.4, 0.5) is 0 Å². The zero-order chi connectivity index (χ0) is 15.7. The Balaban J connectivity index is 1.87. The fourth-order valence-corrected chi connectivity index (χ4v) is 4.18. The van der Waals surface area contributed by atoms with Gasteiger partial charge in [-0.15, -0.1) is 0 Å². The highest BCUT2D eigenvalue weighted by atomic mass is 32.2. The first kappa shape index (κ1) is 15.5. The lowest BCUT2D eigenvalue weighted by Gasteiger charge is -2.32. The molecule has 0 saturated carbocycles. The van der Waals surface area contributed by atoms with Gasteiger partial charge in [0.1, 0.15) is 5.69 Å².